The molecule has 0 saturated heterocycles. The lowest BCUT2D eigenvalue weighted by Gasteiger charge is -2.09. The van der Waals surface area contributed by atoms with Gasteiger partial charge in [-0.1, -0.05) is 6.07 Å². The van der Waals surface area contributed by atoms with Gasteiger partial charge in [-0.05, 0) is 48.5 Å². The molecule has 28 heavy (non-hydrogen) atoms. The largest absolute Gasteiger partial charge is 0.471 e. The molecule has 2 heterocycles. The number of rotatable bonds is 4. The molecule has 1 aliphatic rings. The van der Waals surface area contributed by atoms with Crippen molar-refractivity contribution in [1.29, 1.82) is 0 Å². The van der Waals surface area contributed by atoms with Crippen LogP contribution in [0.15, 0.2) is 77.6 Å². The van der Waals surface area contributed by atoms with Crippen LogP contribution in [0.1, 0.15) is 20.7 Å². The van der Waals surface area contributed by atoms with Gasteiger partial charge in [0, 0.05) is 16.8 Å². The average Bonchev–Trinajstić information content (AvgIpc) is 3.26. The molecule has 3 aromatic carbocycles. The zero-order valence-electron chi connectivity index (χ0n) is 14.4. The van der Waals surface area contributed by atoms with E-state index in [9.17, 15) is 9.59 Å². The van der Waals surface area contributed by atoms with Crippen LogP contribution in [0.25, 0.3) is 10.8 Å². The Bertz CT molecular complexity index is 1240. The number of cyclic esters (lactones) is 2. The SMILES string of the molecule is O=C1OC(=O)c2cc(Oc3cccc(Oc4ccc5cocc5c4)c3)ccc21. The molecule has 0 unspecified atom stereocenters. The average molecular weight is 372 g/mol. The van der Waals surface area contributed by atoms with Gasteiger partial charge >= 0.3 is 11.9 Å². The summed E-state index contributed by atoms with van der Waals surface area (Å²) in [5.41, 5.74) is 0.437. The van der Waals surface area contributed by atoms with Crippen LogP contribution in [0, 0.1) is 0 Å². The summed E-state index contributed by atoms with van der Waals surface area (Å²) in [5, 5.41) is 1.95. The van der Waals surface area contributed by atoms with Gasteiger partial charge in [0.25, 0.3) is 0 Å². The van der Waals surface area contributed by atoms with Gasteiger partial charge in [-0.3, -0.25) is 0 Å². The molecule has 0 spiro atoms. The van der Waals surface area contributed by atoms with Crippen LogP contribution in [0.3, 0.4) is 0 Å². The maximum Gasteiger partial charge on any atom is 0.347 e. The molecule has 6 heteroatoms. The van der Waals surface area contributed by atoms with E-state index in [0.717, 1.165) is 10.8 Å². The highest BCUT2D eigenvalue weighted by Crippen LogP contribution is 2.32. The number of carbonyl (C=O) groups is 2. The standard InChI is InChI=1S/C22H12O6/c23-21-19-7-6-18(10-20(19)22(24)28-21)27-16-3-1-2-15(9-16)26-17-5-4-13-11-25-12-14(13)8-17/h1-12H. The number of esters is 2. The first kappa shape index (κ1) is 16.1. The molecular formula is C22H12O6. The Morgan fingerprint density at radius 1 is 0.607 bits per heavy atom. The first-order valence-corrected chi connectivity index (χ1v) is 8.48. The van der Waals surface area contributed by atoms with E-state index in [1.54, 1.807) is 36.8 Å². The summed E-state index contributed by atoms with van der Waals surface area (Å²) in [4.78, 5) is 23.2. The van der Waals surface area contributed by atoms with Gasteiger partial charge in [-0.15, -0.1) is 0 Å². The lowest BCUT2D eigenvalue weighted by molar-refractivity contribution is 0.0443. The molecule has 0 aliphatic carbocycles. The predicted molar refractivity (Wildman–Crippen MR) is 99.0 cm³/mol. The second kappa shape index (κ2) is 6.28. The normalized spacial score (nSPS) is 12.7. The van der Waals surface area contributed by atoms with E-state index in [0.29, 0.717) is 23.0 Å². The molecule has 0 amide bonds. The number of furan rings is 1. The number of ether oxygens (including phenoxy) is 3. The monoisotopic (exact) mass is 372 g/mol. The molecule has 0 saturated carbocycles. The minimum atomic E-state index is -0.669. The zero-order chi connectivity index (χ0) is 19.1. The number of benzene rings is 3. The number of fused-ring (bicyclic) bond motifs is 2. The summed E-state index contributed by atoms with van der Waals surface area (Å²) in [5.74, 6) is 0.900. The summed E-state index contributed by atoms with van der Waals surface area (Å²) in [6, 6.07) is 17.4. The summed E-state index contributed by atoms with van der Waals surface area (Å²) < 4.78 is 21.5. The van der Waals surface area contributed by atoms with Crippen molar-refractivity contribution >= 4 is 22.7 Å². The summed E-state index contributed by atoms with van der Waals surface area (Å²) >= 11 is 0. The van der Waals surface area contributed by atoms with E-state index < -0.39 is 11.9 Å². The number of hydrogen-bond donors (Lipinski definition) is 0. The minimum Gasteiger partial charge on any atom is -0.471 e. The molecule has 6 nitrogen and oxygen atoms in total. The molecule has 0 bridgehead atoms. The number of carbonyl (C=O) groups excluding carboxylic acids is 2. The fourth-order valence-corrected chi connectivity index (χ4v) is 3.01. The molecule has 136 valence electrons. The lowest BCUT2D eigenvalue weighted by atomic mass is 10.1. The van der Waals surface area contributed by atoms with E-state index >= 15 is 0 Å². The molecular weight excluding hydrogens is 360 g/mol. The third kappa shape index (κ3) is 2.87. The van der Waals surface area contributed by atoms with Gasteiger partial charge in [0.2, 0.25) is 0 Å². The third-order valence-corrected chi connectivity index (χ3v) is 4.34. The summed E-state index contributed by atoms with van der Waals surface area (Å²) in [7, 11) is 0. The van der Waals surface area contributed by atoms with E-state index in [-0.39, 0.29) is 11.1 Å². The van der Waals surface area contributed by atoms with Crippen molar-refractivity contribution in [3.63, 3.8) is 0 Å². The van der Waals surface area contributed by atoms with Crippen LogP contribution in [0.5, 0.6) is 23.0 Å². The van der Waals surface area contributed by atoms with E-state index in [4.69, 9.17) is 13.9 Å². The first-order chi connectivity index (χ1) is 13.7. The Morgan fingerprint density at radius 2 is 1.25 bits per heavy atom. The molecule has 0 fully saturated rings. The second-order valence-corrected chi connectivity index (χ2v) is 6.23. The van der Waals surface area contributed by atoms with Gasteiger partial charge in [-0.2, -0.15) is 0 Å². The van der Waals surface area contributed by atoms with Crippen molar-refractivity contribution in [3.05, 3.63) is 84.3 Å². The third-order valence-electron chi connectivity index (χ3n) is 4.34. The van der Waals surface area contributed by atoms with Crippen LogP contribution in [0.2, 0.25) is 0 Å². The fraction of sp³-hybridized carbons (Fsp3) is 0. The first-order valence-electron chi connectivity index (χ1n) is 8.48. The van der Waals surface area contributed by atoms with Crippen LogP contribution in [0.4, 0.5) is 0 Å². The van der Waals surface area contributed by atoms with Gasteiger partial charge in [0.05, 0.1) is 23.7 Å². The Labute approximate surface area is 158 Å². The van der Waals surface area contributed by atoms with Crippen molar-refractivity contribution in [2.45, 2.75) is 0 Å². The van der Waals surface area contributed by atoms with E-state index in [1.165, 1.54) is 12.1 Å². The number of hydrogen-bond acceptors (Lipinski definition) is 6. The highest BCUT2D eigenvalue weighted by Gasteiger charge is 2.29. The van der Waals surface area contributed by atoms with Gasteiger partial charge in [-0.25, -0.2) is 9.59 Å². The molecule has 1 aliphatic heterocycles. The predicted octanol–water partition coefficient (Wildman–Crippen LogP) is 5.33. The molecule has 0 radical (unpaired) electrons. The van der Waals surface area contributed by atoms with Gasteiger partial charge in [0.15, 0.2) is 0 Å². The Balaban J connectivity index is 1.38. The molecule has 4 aromatic rings. The highest BCUT2D eigenvalue weighted by atomic mass is 16.6. The zero-order valence-corrected chi connectivity index (χ0v) is 14.4. The highest BCUT2D eigenvalue weighted by molar-refractivity contribution is 6.14. The smallest absolute Gasteiger partial charge is 0.347 e. The van der Waals surface area contributed by atoms with Crippen LogP contribution in [-0.4, -0.2) is 11.9 Å². The molecule has 1 aromatic heterocycles. The molecule has 0 atom stereocenters. The summed E-state index contributed by atoms with van der Waals surface area (Å²) in [6.07, 6.45) is 3.33. The lowest BCUT2D eigenvalue weighted by Crippen LogP contribution is -1.96. The van der Waals surface area contributed by atoms with Crippen LogP contribution >= 0.6 is 0 Å². The topological polar surface area (TPSA) is 75.0 Å². The van der Waals surface area contributed by atoms with Crippen molar-refractivity contribution in [3.8, 4) is 23.0 Å². The Hall–Kier alpha value is -4.06. The maximum atomic E-state index is 11.7. The van der Waals surface area contributed by atoms with Crippen LogP contribution in [-0.2, 0) is 4.74 Å². The second-order valence-electron chi connectivity index (χ2n) is 6.23. The van der Waals surface area contributed by atoms with Gasteiger partial charge < -0.3 is 18.6 Å². The quantitative estimate of drug-likeness (QED) is 0.356. The van der Waals surface area contributed by atoms with Crippen LogP contribution < -0.4 is 9.47 Å². The maximum absolute atomic E-state index is 11.7. The fourth-order valence-electron chi connectivity index (χ4n) is 3.01. The summed E-state index contributed by atoms with van der Waals surface area (Å²) in [6.45, 7) is 0. The molecule has 0 N–H and O–H groups in total. The van der Waals surface area contributed by atoms with E-state index in [1.807, 2.05) is 24.3 Å². The van der Waals surface area contributed by atoms with Crippen molar-refractivity contribution in [2.75, 3.05) is 0 Å². The Morgan fingerprint density at radius 3 is 2.07 bits per heavy atom. The van der Waals surface area contributed by atoms with Crippen molar-refractivity contribution < 1.29 is 28.2 Å². The Kier molecular flexibility index (Phi) is 3.62. The molecule has 5 rings (SSSR count). The van der Waals surface area contributed by atoms with E-state index in [2.05, 4.69) is 4.74 Å². The minimum absolute atomic E-state index is 0.198. The van der Waals surface area contributed by atoms with Crippen molar-refractivity contribution in [1.82, 2.24) is 0 Å². The van der Waals surface area contributed by atoms with Gasteiger partial charge in [0.1, 0.15) is 23.0 Å². The van der Waals surface area contributed by atoms with Crippen molar-refractivity contribution in [2.24, 2.45) is 0 Å².